The predicted octanol–water partition coefficient (Wildman–Crippen LogP) is 2.75. The standard InChI is InChI=1S/C24H26N4O5S/c1-33-19-12-15(4-9-18(19)29)14-25-22(31)16-5-7-17(8-6-16)26-21(30)13-20-23(32)27-24(34-20)28-10-2-3-11-28/h4-9,12,20,29H,2-3,10-11,13-14H2,1H3,(H,25,31)(H,26,30). The maximum Gasteiger partial charge on any atom is 0.262 e. The van der Waals surface area contributed by atoms with Gasteiger partial charge in [0.05, 0.1) is 7.11 Å². The predicted molar refractivity (Wildman–Crippen MR) is 130 cm³/mol. The first-order valence-corrected chi connectivity index (χ1v) is 11.9. The molecule has 0 radical (unpaired) electrons. The van der Waals surface area contributed by atoms with Gasteiger partial charge in [-0.25, -0.2) is 0 Å². The molecule has 2 aromatic carbocycles. The number of methoxy groups -OCH3 is 1. The van der Waals surface area contributed by atoms with Gasteiger partial charge >= 0.3 is 0 Å². The van der Waals surface area contributed by atoms with E-state index in [1.54, 1.807) is 36.4 Å². The van der Waals surface area contributed by atoms with E-state index >= 15 is 0 Å². The highest BCUT2D eigenvalue weighted by Crippen LogP contribution is 2.29. The third-order valence-electron chi connectivity index (χ3n) is 5.60. The number of nitrogens with zero attached hydrogens (tertiary/aromatic N) is 2. The van der Waals surface area contributed by atoms with Crippen molar-refractivity contribution < 1.29 is 24.2 Å². The molecule has 0 saturated carbocycles. The van der Waals surface area contributed by atoms with Gasteiger partial charge in [0.1, 0.15) is 5.25 Å². The van der Waals surface area contributed by atoms with Crippen LogP contribution < -0.4 is 15.4 Å². The summed E-state index contributed by atoms with van der Waals surface area (Å²) in [6, 6.07) is 11.4. The fraction of sp³-hybridized carbons (Fsp3) is 0.333. The molecule has 10 heteroatoms. The van der Waals surface area contributed by atoms with E-state index < -0.39 is 5.25 Å². The zero-order valence-corrected chi connectivity index (χ0v) is 19.6. The lowest BCUT2D eigenvalue weighted by molar-refractivity contribution is -0.121. The molecule has 2 aliphatic rings. The second-order valence-electron chi connectivity index (χ2n) is 8.05. The molecule has 178 valence electrons. The van der Waals surface area contributed by atoms with Gasteiger partial charge in [-0.2, -0.15) is 4.99 Å². The Balaban J connectivity index is 1.26. The van der Waals surface area contributed by atoms with Crippen molar-refractivity contribution in [2.75, 3.05) is 25.5 Å². The van der Waals surface area contributed by atoms with Crippen LogP contribution >= 0.6 is 11.8 Å². The number of nitrogens with one attached hydrogen (secondary N) is 2. The fourth-order valence-electron chi connectivity index (χ4n) is 3.75. The van der Waals surface area contributed by atoms with Gasteiger partial charge in [0, 0.05) is 37.3 Å². The number of carbonyl (C=O) groups excluding carboxylic acids is 3. The lowest BCUT2D eigenvalue weighted by Gasteiger charge is -2.16. The Morgan fingerprint density at radius 2 is 1.91 bits per heavy atom. The van der Waals surface area contributed by atoms with Crippen LogP contribution in [0.15, 0.2) is 47.5 Å². The second-order valence-corrected chi connectivity index (χ2v) is 9.22. The number of ether oxygens (including phenoxy) is 1. The number of amides is 3. The summed E-state index contributed by atoms with van der Waals surface area (Å²) in [5, 5.41) is 15.5. The normalized spacial score (nSPS) is 17.4. The molecule has 2 aromatic rings. The van der Waals surface area contributed by atoms with Gasteiger partial charge in [-0.3, -0.25) is 14.4 Å². The molecular formula is C24H26N4O5S. The highest BCUT2D eigenvalue weighted by molar-refractivity contribution is 8.15. The first-order chi connectivity index (χ1) is 16.4. The minimum atomic E-state index is -0.501. The van der Waals surface area contributed by atoms with E-state index in [9.17, 15) is 19.5 Å². The number of aliphatic imine (C=N–C) groups is 1. The Bertz CT molecular complexity index is 1110. The molecule has 1 atom stereocenters. The van der Waals surface area contributed by atoms with Crippen LogP contribution in [0.2, 0.25) is 0 Å². The molecule has 1 saturated heterocycles. The van der Waals surface area contributed by atoms with Gasteiger partial charge < -0.3 is 25.4 Å². The number of hydrogen-bond donors (Lipinski definition) is 3. The van der Waals surface area contributed by atoms with Gasteiger partial charge in [0.2, 0.25) is 5.91 Å². The molecule has 1 unspecified atom stereocenters. The lowest BCUT2D eigenvalue weighted by Crippen LogP contribution is -2.25. The van der Waals surface area contributed by atoms with Crippen LogP contribution in [-0.2, 0) is 16.1 Å². The van der Waals surface area contributed by atoms with Crippen molar-refractivity contribution in [1.29, 1.82) is 0 Å². The topological polar surface area (TPSA) is 120 Å². The van der Waals surface area contributed by atoms with Crippen molar-refractivity contribution >= 4 is 40.3 Å². The van der Waals surface area contributed by atoms with Crippen LogP contribution in [0.4, 0.5) is 5.69 Å². The first kappa shape index (κ1) is 23.6. The number of hydrogen-bond acceptors (Lipinski definition) is 7. The summed E-state index contributed by atoms with van der Waals surface area (Å²) in [4.78, 5) is 43.3. The van der Waals surface area contributed by atoms with Crippen molar-refractivity contribution in [3.8, 4) is 11.5 Å². The zero-order chi connectivity index (χ0) is 24.1. The number of thioether (sulfide) groups is 1. The quantitative estimate of drug-likeness (QED) is 0.555. The van der Waals surface area contributed by atoms with Crippen LogP contribution in [0.1, 0.15) is 35.2 Å². The summed E-state index contributed by atoms with van der Waals surface area (Å²) in [5.74, 6) is -0.443. The van der Waals surface area contributed by atoms with Gasteiger partial charge in [0.25, 0.3) is 11.8 Å². The SMILES string of the molecule is COc1cc(CNC(=O)c2ccc(NC(=O)CC3SC(N4CCCC4)=NC3=O)cc2)ccc1O. The van der Waals surface area contributed by atoms with E-state index in [2.05, 4.69) is 20.5 Å². The minimum Gasteiger partial charge on any atom is -0.504 e. The van der Waals surface area contributed by atoms with Gasteiger partial charge in [-0.15, -0.1) is 0 Å². The Labute approximate surface area is 201 Å². The van der Waals surface area contributed by atoms with Crippen LogP contribution in [-0.4, -0.2) is 58.3 Å². The van der Waals surface area contributed by atoms with Gasteiger partial charge in [-0.1, -0.05) is 17.8 Å². The number of amidine groups is 1. The monoisotopic (exact) mass is 482 g/mol. The minimum absolute atomic E-state index is 0.0330. The summed E-state index contributed by atoms with van der Waals surface area (Å²) in [6.45, 7) is 2.07. The zero-order valence-electron chi connectivity index (χ0n) is 18.7. The van der Waals surface area contributed by atoms with Crippen molar-refractivity contribution in [1.82, 2.24) is 10.2 Å². The van der Waals surface area contributed by atoms with Gasteiger partial charge in [0.15, 0.2) is 16.7 Å². The number of anilines is 1. The molecular weight excluding hydrogens is 456 g/mol. The van der Waals surface area contributed by atoms with Crippen molar-refractivity contribution in [3.63, 3.8) is 0 Å². The smallest absolute Gasteiger partial charge is 0.262 e. The number of aromatic hydroxyl groups is 1. The number of phenolic OH excluding ortho intramolecular Hbond substituents is 1. The highest BCUT2D eigenvalue weighted by atomic mass is 32.2. The van der Waals surface area contributed by atoms with Crippen LogP contribution in [0, 0.1) is 0 Å². The Kier molecular flexibility index (Phi) is 7.36. The van der Waals surface area contributed by atoms with Crippen LogP contribution in [0.25, 0.3) is 0 Å². The van der Waals surface area contributed by atoms with Crippen molar-refractivity contribution in [2.45, 2.75) is 31.1 Å². The third-order valence-corrected chi connectivity index (χ3v) is 6.82. The molecule has 9 nitrogen and oxygen atoms in total. The largest absolute Gasteiger partial charge is 0.504 e. The number of likely N-dealkylation sites (tertiary alicyclic amines) is 1. The number of rotatable bonds is 7. The average Bonchev–Trinajstić information content (AvgIpc) is 3.49. The molecule has 0 bridgehead atoms. The molecule has 0 aromatic heterocycles. The summed E-state index contributed by atoms with van der Waals surface area (Å²) >= 11 is 1.36. The molecule has 2 heterocycles. The lowest BCUT2D eigenvalue weighted by atomic mass is 10.1. The van der Waals surface area contributed by atoms with E-state index in [1.807, 2.05) is 0 Å². The molecule has 2 aliphatic heterocycles. The number of benzene rings is 2. The molecule has 4 rings (SSSR count). The summed E-state index contributed by atoms with van der Waals surface area (Å²) < 4.78 is 5.07. The van der Waals surface area contributed by atoms with E-state index in [0.29, 0.717) is 17.0 Å². The van der Waals surface area contributed by atoms with E-state index in [0.717, 1.165) is 36.7 Å². The van der Waals surface area contributed by atoms with E-state index in [-0.39, 0.29) is 36.4 Å². The van der Waals surface area contributed by atoms with Crippen molar-refractivity contribution in [3.05, 3.63) is 53.6 Å². The maximum atomic E-state index is 12.4. The fourth-order valence-corrected chi connectivity index (χ4v) is 4.87. The Morgan fingerprint density at radius 3 is 2.62 bits per heavy atom. The van der Waals surface area contributed by atoms with Gasteiger partial charge in [-0.05, 0) is 54.8 Å². The third kappa shape index (κ3) is 5.69. The van der Waals surface area contributed by atoms with Crippen LogP contribution in [0.3, 0.4) is 0 Å². The molecule has 0 spiro atoms. The summed E-state index contributed by atoms with van der Waals surface area (Å²) in [5.41, 5.74) is 1.76. The number of carbonyl (C=O) groups is 3. The second kappa shape index (κ2) is 10.6. The maximum absolute atomic E-state index is 12.4. The Hall–Kier alpha value is -3.53. The highest BCUT2D eigenvalue weighted by Gasteiger charge is 2.33. The summed E-state index contributed by atoms with van der Waals surface area (Å²) in [6.07, 6.45) is 2.24. The van der Waals surface area contributed by atoms with Crippen molar-refractivity contribution in [2.24, 2.45) is 4.99 Å². The molecule has 0 aliphatic carbocycles. The van der Waals surface area contributed by atoms with Crippen LogP contribution in [0.5, 0.6) is 11.5 Å². The average molecular weight is 483 g/mol. The molecule has 1 fully saturated rings. The van der Waals surface area contributed by atoms with E-state index in [4.69, 9.17) is 4.74 Å². The first-order valence-electron chi connectivity index (χ1n) is 11.0. The summed E-state index contributed by atoms with van der Waals surface area (Å²) in [7, 11) is 1.46. The molecule has 3 amide bonds. The number of phenols is 1. The Morgan fingerprint density at radius 1 is 1.18 bits per heavy atom. The van der Waals surface area contributed by atoms with E-state index in [1.165, 1.54) is 24.9 Å². The molecule has 34 heavy (non-hydrogen) atoms. The molecule has 3 N–H and O–H groups in total.